The van der Waals surface area contributed by atoms with Gasteiger partial charge in [-0.25, -0.2) is 9.59 Å². The van der Waals surface area contributed by atoms with Crippen LogP contribution in [0, 0.1) is 0 Å². The third kappa shape index (κ3) is 6.07. The standard InChI is InChI=1S/C11H20N2O5/c1-4-8(10(15)16)12-11(17)13(2)7-5-6-9(14)18-3/h8H,4-7H2,1-3H3,(H,12,17)(H,15,16). The van der Waals surface area contributed by atoms with Gasteiger partial charge in [0.25, 0.3) is 0 Å². The van der Waals surface area contributed by atoms with Crippen LogP contribution >= 0.6 is 0 Å². The maximum absolute atomic E-state index is 11.6. The van der Waals surface area contributed by atoms with Gasteiger partial charge >= 0.3 is 18.0 Å². The van der Waals surface area contributed by atoms with Crippen molar-refractivity contribution in [2.75, 3.05) is 20.7 Å². The average Bonchev–Trinajstić information content (AvgIpc) is 2.34. The minimum atomic E-state index is -1.06. The van der Waals surface area contributed by atoms with Gasteiger partial charge in [-0.05, 0) is 12.8 Å². The quantitative estimate of drug-likeness (QED) is 0.648. The Labute approximate surface area is 106 Å². The van der Waals surface area contributed by atoms with Crippen molar-refractivity contribution in [2.24, 2.45) is 0 Å². The van der Waals surface area contributed by atoms with E-state index in [4.69, 9.17) is 5.11 Å². The van der Waals surface area contributed by atoms with E-state index in [1.54, 1.807) is 14.0 Å². The molecule has 7 heteroatoms. The Morgan fingerprint density at radius 2 is 2.00 bits per heavy atom. The zero-order valence-corrected chi connectivity index (χ0v) is 10.9. The Morgan fingerprint density at radius 1 is 1.39 bits per heavy atom. The largest absolute Gasteiger partial charge is 0.480 e. The monoisotopic (exact) mass is 260 g/mol. The molecule has 2 amide bonds. The van der Waals surface area contributed by atoms with Gasteiger partial charge in [0.05, 0.1) is 7.11 Å². The van der Waals surface area contributed by atoms with Crippen LogP contribution in [0.5, 0.6) is 0 Å². The molecular formula is C11H20N2O5. The molecule has 0 fully saturated rings. The van der Waals surface area contributed by atoms with E-state index in [0.717, 1.165) is 0 Å². The number of nitrogens with one attached hydrogen (secondary N) is 1. The van der Waals surface area contributed by atoms with Gasteiger partial charge < -0.3 is 20.1 Å². The predicted molar refractivity (Wildman–Crippen MR) is 64.1 cm³/mol. The molecule has 0 aromatic heterocycles. The molecule has 7 nitrogen and oxygen atoms in total. The molecule has 0 aliphatic rings. The van der Waals surface area contributed by atoms with Crippen molar-refractivity contribution in [3.8, 4) is 0 Å². The van der Waals surface area contributed by atoms with Crippen LogP contribution in [0.15, 0.2) is 0 Å². The lowest BCUT2D eigenvalue weighted by Crippen LogP contribution is -2.46. The number of carbonyl (C=O) groups excluding carboxylic acids is 2. The highest BCUT2D eigenvalue weighted by Gasteiger charge is 2.19. The van der Waals surface area contributed by atoms with Crippen LogP contribution in [0.3, 0.4) is 0 Å². The molecule has 104 valence electrons. The summed E-state index contributed by atoms with van der Waals surface area (Å²) >= 11 is 0. The van der Waals surface area contributed by atoms with Crippen LogP contribution in [-0.2, 0) is 14.3 Å². The van der Waals surface area contributed by atoms with Crippen LogP contribution in [0.25, 0.3) is 0 Å². The summed E-state index contributed by atoms with van der Waals surface area (Å²) < 4.78 is 4.47. The first-order valence-corrected chi connectivity index (χ1v) is 5.73. The van der Waals surface area contributed by atoms with Gasteiger partial charge in [0, 0.05) is 20.0 Å². The van der Waals surface area contributed by atoms with Gasteiger partial charge in [0.1, 0.15) is 6.04 Å². The lowest BCUT2D eigenvalue weighted by molar-refractivity contribution is -0.141. The summed E-state index contributed by atoms with van der Waals surface area (Å²) in [5.74, 6) is -1.39. The molecule has 0 bridgehead atoms. The molecule has 0 aliphatic heterocycles. The fourth-order valence-corrected chi connectivity index (χ4v) is 1.26. The Kier molecular flexibility index (Phi) is 7.50. The van der Waals surface area contributed by atoms with Crippen LogP contribution in [-0.4, -0.2) is 54.7 Å². The molecule has 0 heterocycles. The summed E-state index contributed by atoms with van der Waals surface area (Å²) in [5, 5.41) is 11.2. The fourth-order valence-electron chi connectivity index (χ4n) is 1.26. The second kappa shape index (κ2) is 8.32. The van der Waals surface area contributed by atoms with E-state index >= 15 is 0 Å². The first-order chi connectivity index (χ1) is 8.42. The number of carboxylic acid groups (broad SMARTS) is 1. The Bertz CT molecular complexity index is 306. The lowest BCUT2D eigenvalue weighted by atomic mass is 10.2. The molecule has 0 aromatic carbocycles. The van der Waals surface area contributed by atoms with Gasteiger partial charge in [-0.15, -0.1) is 0 Å². The molecule has 0 aromatic rings. The minimum absolute atomic E-state index is 0.226. The number of carbonyl (C=O) groups is 3. The van der Waals surface area contributed by atoms with Crippen LogP contribution in [0.1, 0.15) is 26.2 Å². The SMILES string of the molecule is CCC(NC(=O)N(C)CCCC(=O)OC)C(=O)O. The molecule has 2 N–H and O–H groups in total. The molecule has 1 atom stereocenters. The summed E-state index contributed by atoms with van der Waals surface area (Å²) in [7, 11) is 2.85. The van der Waals surface area contributed by atoms with E-state index in [1.165, 1.54) is 12.0 Å². The fraction of sp³-hybridized carbons (Fsp3) is 0.727. The molecular weight excluding hydrogens is 240 g/mol. The van der Waals surface area contributed by atoms with Crippen LogP contribution in [0.4, 0.5) is 4.79 Å². The topological polar surface area (TPSA) is 95.9 Å². The Morgan fingerprint density at radius 3 is 2.44 bits per heavy atom. The summed E-state index contributed by atoms with van der Waals surface area (Å²) in [4.78, 5) is 34.5. The molecule has 0 saturated heterocycles. The number of ether oxygens (including phenoxy) is 1. The highest BCUT2D eigenvalue weighted by molar-refractivity contribution is 5.82. The van der Waals surface area contributed by atoms with E-state index in [2.05, 4.69) is 10.1 Å². The van der Waals surface area contributed by atoms with Gasteiger partial charge in [-0.2, -0.15) is 0 Å². The Hall–Kier alpha value is -1.79. The number of aliphatic carboxylic acids is 1. The first-order valence-electron chi connectivity index (χ1n) is 5.73. The van der Waals surface area contributed by atoms with E-state index in [0.29, 0.717) is 19.4 Å². The molecule has 0 radical (unpaired) electrons. The highest BCUT2D eigenvalue weighted by atomic mass is 16.5. The molecule has 0 spiro atoms. The molecule has 1 unspecified atom stereocenters. The van der Waals surface area contributed by atoms with E-state index < -0.39 is 18.0 Å². The predicted octanol–water partition coefficient (Wildman–Crippen LogP) is 0.444. The van der Waals surface area contributed by atoms with E-state index in [-0.39, 0.29) is 12.4 Å². The number of nitrogens with zero attached hydrogens (tertiary/aromatic N) is 1. The van der Waals surface area contributed by atoms with Crippen molar-refractivity contribution in [1.29, 1.82) is 0 Å². The number of urea groups is 1. The van der Waals surface area contributed by atoms with Crippen molar-refractivity contribution in [2.45, 2.75) is 32.2 Å². The van der Waals surface area contributed by atoms with E-state index in [9.17, 15) is 14.4 Å². The zero-order valence-electron chi connectivity index (χ0n) is 10.9. The minimum Gasteiger partial charge on any atom is -0.480 e. The van der Waals surface area contributed by atoms with Crippen LogP contribution < -0.4 is 5.32 Å². The highest BCUT2D eigenvalue weighted by Crippen LogP contribution is 1.97. The van der Waals surface area contributed by atoms with Gasteiger partial charge in [0.2, 0.25) is 0 Å². The number of hydrogen-bond acceptors (Lipinski definition) is 4. The average molecular weight is 260 g/mol. The number of methoxy groups -OCH3 is 1. The summed E-state index contributed by atoms with van der Waals surface area (Å²) in [6, 6.07) is -1.35. The van der Waals surface area contributed by atoms with E-state index in [1.807, 2.05) is 0 Å². The van der Waals surface area contributed by atoms with Crippen LogP contribution in [0.2, 0.25) is 0 Å². The number of esters is 1. The second-order valence-electron chi connectivity index (χ2n) is 3.85. The van der Waals surface area contributed by atoms with Crippen molar-refractivity contribution in [3.63, 3.8) is 0 Å². The molecule has 0 aliphatic carbocycles. The third-order valence-corrected chi connectivity index (χ3v) is 2.45. The van der Waals surface area contributed by atoms with Gasteiger partial charge in [-0.3, -0.25) is 4.79 Å². The molecule has 18 heavy (non-hydrogen) atoms. The van der Waals surface area contributed by atoms with Crippen molar-refractivity contribution in [3.05, 3.63) is 0 Å². The zero-order chi connectivity index (χ0) is 14.1. The second-order valence-corrected chi connectivity index (χ2v) is 3.85. The number of hydrogen-bond donors (Lipinski definition) is 2. The maximum atomic E-state index is 11.6. The molecule has 0 rings (SSSR count). The Balaban J connectivity index is 4.02. The maximum Gasteiger partial charge on any atom is 0.326 e. The normalized spacial score (nSPS) is 11.5. The summed E-state index contributed by atoms with van der Waals surface area (Å²) in [5.41, 5.74) is 0. The number of carboxylic acids is 1. The van der Waals surface area contributed by atoms with Crippen molar-refractivity contribution < 1.29 is 24.2 Å². The van der Waals surface area contributed by atoms with Gasteiger partial charge in [-0.1, -0.05) is 6.92 Å². The lowest BCUT2D eigenvalue weighted by Gasteiger charge is -2.20. The summed E-state index contributed by atoms with van der Waals surface area (Å²) in [6.45, 7) is 2.04. The van der Waals surface area contributed by atoms with Crippen molar-refractivity contribution >= 4 is 18.0 Å². The first kappa shape index (κ1) is 16.2. The smallest absolute Gasteiger partial charge is 0.326 e. The van der Waals surface area contributed by atoms with Crippen molar-refractivity contribution in [1.82, 2.24) is 10.2 Å². The number of amides is 2. The summed E-state index contributed by atoms with van der Waals surface area (Å²) in [6.07, 6.45) is 1.02. The molecule has 0 saturated carbocycles. The third-order valence-electron chi connectivity index (χ3n) is 2.45. The van der Waals surface area contributed by atoms with Gasteiger partial charge in [0.15, 0.2) is 0 Å². The number of rotatable bonds is 7.